The summed E-state index contributed by atoms with van der Waals surface area (Å²) in [6.07, 6.45) is 0. The molecule has 1 aromatic carbocycles. The molecule has 37 heavy (non-hydrogen) atoms. The molecule has 2 aromatic heterocycles. The van der Waals surface area contributed by atoms with Crippen molar-refractivity contribution in [3.63, 3.8) is 0 Å². The third-order valence-electron chi connectivity index (χ3n) is 5.90. The van der Waals surface area contributed by atoms with Gasteiger partial charge in [0.15, 0.2) is 5.82 Å². The molecule has 13 heteroatoms. The molecule has 0 spiro atoms. The van der Waals surface area contributed by atoms with Gasteiger partial charge >= 0.3 is 0 Å². The van der Waals surface area contributed by atoms with Crippen LogP contribution in [0.25, 0.3) is 11.3 Å². The number of aromatic nitrogens is 2. The summed E-state index contributed by atoms with van der Waals surface area (Å²) in [5, 5.41) is 26.5. The predicted octanol–water partition coefficient (Wildman–Crippen LogP) is 2.63. The summed E-state index contributed by atoms with van der Waals surface area (Å²) >= 11 is 12.6. The summed E-state index contributed by atoms with van der Waals surface area (Å²) in [5.74, 6) is 0.982. The number of benzene rings is 1. The molecule has 2 unspecified atom stereocenters. The first-order valence-corrected chi connectivity index (χ1v) is 12.3. The van der Waals surface area contributed by atoms with Crippen LogP contribution in [0.4, 0.5) is 28.8 Å². The molecule has 0 saturated carbocycles. The van der Waals surface area contributed by atoms with E-state index in [1.54, 1.807) is 29.2 Å². The van der Waals surface area contributed by atoms with Gasteiger partial charge in [0, 0.05) is 42.3 Å². The Balaban J connectivity index is 1.55. The van der Waals surface area contributed by atoms with Crippen LogP contribution in [0.2, 0.25) is 10.0 Å². The van der Waals surface area contributed by atoms with Crippen LogP contribution in [0.1, 0.15) is 6.92 Å². The average Bonchev–Trinajstić information content (AvgIpc) is 2.83. The Bertz CT molecular complexity index is 1290. The number of piperazine rings is 1. The number of rotatable bonds is 8. The first kappa shape index (κ1) is 26.9. The van der Waals surface area contributed by atoms with Crippen LogP contribution in [0.3, 0.4) is 0 Å². The van der Waals surface area contributed by atoms with Crippen molar-refractivity contribution in [1.82, 2.24) is 14.9 Å². The molecule has 11 nitrogen and oxygen atoms in total. The van der Waals surface area contributed by atoms with Crippen LogP contribution < -0.4 is 26.5 Å². The molecule has 4 rings (SSSR count). The number of carbonyl (C=O) groups is 1. The molecular weight excluding hydrogens is 519 g/mol. The average molecular weight is 547 g/mol. The van der Waals surface area contributed by atoms with Gasteiger partial charge in [-0.2, -0.15) is 5.23 Å². The Morgan fingerprint density at radius 2 is 1.92 bits per heavy atom. The second kappa shape index (κ2) is 11.5. The third kappa shape index (κ3) is 6.39. The summed E-state index contributed by atoms with van der Waals surface area (Å²) < 4.78 is 0. The van der Waals surface area contributed by atoms with E-state index in [0.29, 0.717) is 58.3 Å². The summed E-state index contributed by atoms with van der Waals surface area (Å²) in [4.78, 5) is 25.5. The highest BCUT2D eigenvalue weighted by Crippen LogP contribution is 2.37. The highest BCUT2D eigenvalue weighted by Gasteiger charge is 2.26. The predicted molar refractivity (Wildman–Crippen MR) is 146 cm³/mol. The molecule has 1 amide bonds. The van der Waals surface area contributed by atoms with Gasteiger partial charge in [-0.15, -0.1) is 0 Å². The summed E-state index contributed by atoms with van der Waals surface area (Å²) in [7, 11) is 1.91. The monoisotopic (exact) mass is 546 g/mol. The zero-order valence-corrected chi connectivity index (χ0v) is 21.8. The Morgan fingerprint density at radius 3 is 2.59 bits per heavy atom. The molecule has 196 valence electrons. The lowest BCUT2D eigenvalue weighted by Crippen LogP contribution is -2.99. The standard InChI is InChI=1S/C24H28Cl2N8O3/c1-14(12-28-20-7-6-19(34(36)37)24(27)31-20)29-21-8-5-18(33-10-9-32(2)13-22(33)35)23(30-21)16-4-3-15(25)11-17(16)26/h3-8,11,14,34,36H,9-10,12-13H2,1-2H3,(H,29,30)(H3,27,28,31). The molecule has 1 fully saturated rings. The molecule has 0 aliphatic carbocycles. The molecule has 0 bridgehead atoms. The summed E-state index contributed by atoms with van der Waals surface area (Å²) in [6, 6.07) is 11.7. The van der Waals surface area contributed by atoms with Gasteiger partial charge in [0.25, 0.3) is 0 Å². The van der Waals surface area contributed by atoms with Crippen LogP contribution >= 0.6 is 23.2 Å². The number of halogens is 2. The molecule has 1 saturated heterocycles. The lowest BCUT2D eigenvalue weighted by molar-refractivity contribution is -0.990. The van der Waals surface area contributed by atoms with E-state index in [0.717, 1.165) is 6.54 Å². The van der Waals surface area contributed by atoms with Crippen molar-refractivity contribution < 1.29 is 15.2 Å². The third-order valence-corrected chi connectivity index (χ3v) is 6.45. The highest BCUT2D eigenvalue weighted by atomic mass is 35.5. The van der Waals surface area contributed by atoms with E-state index in [4.69, 9.17) is 39.1 Å². The maximum Gasteiger partial charge on any atom is 0.241 e. The number of nitrogens with zero attached hydrogens (tertiary/aromatic N) is 4. The lowest BCUT2D eigenvalue weighted by Gasteiger charge is -2.33. The number of quaternary nitrogens is 1. The fraction of sp³-hybridized carbons (Fsp3) is 0.292. The van der Waals surface area contributed by atoms with E-state index in [1.807, 2.05) is 31.0 Å². The number of pyridine rings is 2. The van der Waals surface area contributed by atoms with Crippen molar-refractivity contribution in [3.05, 3.63) is 57.7 Å². The topological polar surface area (TPSA) is 147 Å². The van der Waals surface area contributed by atoms with Gasteiger partial charge in [0.05, 0.1) is 22.9 Å². The largest absolute Gasteiger partial charge is 0.595 e. The second-order valence-electron chi connectivity index (χ2n) is 8.83. The first-order chi connectivity index (χ1) is 17.6. The number of hydrogen-bond acceptors (Lipinski definition) is 9. The zero-order chi connectivity index (χ0) is 26.7. The number of anilines is 4. The highest BCUT2D eigenvalue weighted by molar-refractivity contribution is 6.36. The van der Waals surface area contributed by atoms with Crippen molar-refractivity contribution in [3.8, 4) is 11.3 Å². The SMILES string of the molecule is CC(CNc1ccc([NH+]([O-])O)c(N)n1)Nc1ccc(N2CCN(C)CC2=O)c(-c2ccc(Cl)cc2Cl)n1. The molecule has 1 aliphatic heterocycles. The van der Waals surface area contributed by atoms with Crippen molar-refractivity contribution in [2.24, 2.45) is 0 Å². The van der Waals surface area contributed by atoms with Crippen LogP contribution in [-0.2, 0) is 4.79 Å². The van der Waals surface area contributed by atoms with Crippen molar-refractivity contribution in [2.45, 2.75) is 13.0 Å². The number of nitrogens with one attached hydrogen (secondary N) is 3. The second-order valence-corrected chi connectivity index (χ2v) is 9.68. The quantitative estimate of drug-likeness (QED) is 0.269. The molecule has 6 N–H and O–H groups in total. The lowest BCUT2D eigenvalue weighted by atomic mass is 10.1. The van der Waals surface area contributed by atoms with E-state index in [1.165, 1.54) is 6.07 Å². The van der Waals surface area contributed by atoms with E-state index < -0.39 is 5.23 Å². The number of carbonyl (C=O) groups excluding carboxylic acids is 1. The van der Waals surface area contributed by atoms with E-state index in [-0.39, 0.29) is 23.5 Å². The summed E-state index contributed by atoms with van der Waals surface area (Å²) in [6.45, 7) is 4.02. The summed E-state index contributed by atoms with van der Waals surface area (Å²) in [5.41, 5.74) is 7.60. The Kier molecular flexibility index (Phi) is 8.32. The Hall–Kier alpha value is -3.19. The van der Waals surface area contributed by atoms with Crippen LogP contribution in [0.5, 0.6) is 0 Å². The zero-order valence-electron chi connectivity index (χ0n) is 20.3. The van der Waals surface area contributed by atoms with Gasteiger partial charge < -0.3 is 26.5 Å². The maximum absolute atomic E-state index is 12.8. The minimum atomic E-state index is -1.13. The van der Waals surface area contributed by atoms with Crippen LogP contribution in [0, 0.1) is 5.21 Å². The van der Waals surface area contributed by atoms with Gasteiger partial charge in [-0.25, -0.2) is 15.2 Å². The van der Waals surface area contributed by atoms with E-state index in [9.17, 15) is 10.0 Å². The minimum Gasteiger partial charge on any atom is -0.595 e. The number of nitrogens with two attached hydrogens (primary N) is 1. The molecule has 0 radical (unpaired) electrons. The van der Waals surface area contributed by atoms with Crippen molar-refractivity contribution >= 4 is 57.9 Å². The normalized spacial score (nSPS) is 15.9. The maximum atomic E-state index is 12.8. The van der Waals surface area contributed by atoms with Gasteiger partial charge in [-0.05, 0) is 50.4 Å². The smallest absolute Gasteiger partial charge is 0.241 e. The van der Waals surface area contributed by atoms with Gasteiger partial charge in [0.1, 0.15) is 11.6 Å². The molecule has 2 atom stereocenters. The fourth-order valence-corrected chi connectivity index (χ4v) is 4.49. The van der Waals surface area contributed by atoms with Crippen molar-refractivity contribution in [2.75, 3.05) is 54.5 Å². The molecular formula is C24H28Cl2N8O3. The Morgan fingerprint density at radius 1 is 1.16 bits per heavy atom. The minimum absolute atomic E-state index is 0.0131. The molecule has 1 aliphatic rings. The molecule has 3 aromatic rings. The van der Waals surface area contributed by atoms with E-state index >= 15 is 0 Å². The fourth-order valence-electron chi connectivity index (χ4n) is 3.99. The number of likely N-dealkylation sites (N-methyl/N-ethyl adjacent to an activating group) is 1. The Labute approximate surface area is 224 Å². The van der Waals surface area contributed by atoms with Gasteiger partial charge in [0.2, 0.25) is 11.6 Å². The van der Waals surface area contributed by atoms with Crippen LogP contribution in [0.15, 0.2) is 42.5 Å². The number of amides is 1. The van der Waals surface area contributed by atoms with Gasteiger partial charge in [-0.1, -0.05) is 23.2 Å². The van der Waals surface area contributed by atoms with Crippen molar-refractivity contribution in [1.29, 1.82) is 0 Å². The van der Waals surface area contributed by atoms with E-state index in [2.05, 4.69) is 15.6 Å². The van der Waals surface area contributed by atoms with Crippen LogP contribution in [-0.4, -0.2) is 65.3 Å². The first-order valence-electron chi connectivity index (χ1n) is 11.6. The number of hydrogen-bond donors (Lipinski definition) is 5. The number of nitrogen functional groups attached to an aromatic ring is 1. The van der Waals surface area contributed by atoms with Gasteiger partial charge in [-0.3, -0.25) is 9.69 Å². The molecule has 3 heterocycles.